The number of likely N-dealkylation sites (N-methyl/N-ethyl adjacent to an activating group) is 1. The van der Waals surface area contributed by atoms with Gasteiger partial charge in [-0.1, -0.05) is 36.4 Å². The average Bonchev–Trinajstić information content (AvgIpc) is 2.64. The summed E-state index contributed by atoms with van der Waals surface area (Å²) in [5.74, 6) is -4.37. The lowest BCUT2D eigenvalue weighted by atomic mass is 9.99. The number of hydrogen-bond acceptors (Lipinski definition) is 6. The average molecular weight is 372 g/mol. The molecule has 146 valence electrons. The SMILES string of the molecule is Cc1ccc(N2CCN(C)CC2)cc1-c1ccccc1.O.O=C([O-])C(=O)[O-]. The number of carboxylic acid groups (broad SMARTS) is 2. The summed E-state index contributed by atoms with van der Waals surface area (Å²) < 4.78 is 0. The summed E-state index contributed by atoms with van der Waals surface area (Å²) in [5, 5.41) is 17.9. The maximum atomic E-state index is 8.93. The molecule has 1 fully saturated rings. The van der Waals surface area contributed by atoms with Gasteiger partial charge in [0.2, 0.25) is 0 Å². The van der Waals surface area contributed by atoms with E-state index in [1.54, 1.807) is 0 Å². The molecule has 7 nitrogen and oxygen atoms in total. The molecule has 0 spiro atoms. The number of carboxylic acids is 2. The van der Waals surface area contributed by atoms with E-state index in [-0.39, 0.29) is 5.48 Å². The summed E-state index contributed by atoms with van der Waals surface area (Å²) in [6.45, 7) is 6.72. The van der Waals surface area contributed by atoms with Gasteiger partial charge in [-0.15, -0.1) is 0 Å². The molecule has 1 heterocycles. The minimum absolute atomic E-state index is 0. The van der Waals surface area contributed by atoms with Crippen LogP contribution in [0.4, 0.5) is 5.69 Å². The van der Waals surface area contributed by atoms with Crippen molar-refractivity contribution in [2.75, 3.05) is 38.1 Å². The molecule has 1 aliphatic rings. The Balaban J connectivity index is 0.000000456. The molecule has 0 amide bonds. The Bertz CT molecular complexity index is 744. The number of rotatable bonds is 2. The van der Waals surface area contributed by atoms with Crippen LogP contribution in [0, 0.1) is 6.92 Å². The van der Waals surface area contributed by atoms with Crippen LogP contribution in [0.1, 0.15) is 5.56 Å². The van der Waals surface area contributed by atoms with E-state index in [0.717, 1.165) is 26.2 Å². The van der Waals surface area contributed by atoms with Crippen LogP contribution in [0.15, 0.2) is 48.5 Å². The van der Waals surface area contributed by atoms with E-state index in [0.29, 0.717) is 0 Å². The fourth-order valence-corrected chi connectivity index (χ4v) is 2.80. The largest absolute Gasteiger partial charge is 0.543 e. The summed E-state index contributed by atoms with van der Waals surface area (Å²) in [6, 6.07) is 17.5. The fourth-order valence-electron chi connectivity index (χ4n) is 2.80. The number of benzene rings is 2. The second-order valence-electron chi connectivity index (χ2n) is 6.23. The van der Waals surface area contributed by atoms with Gasteiger partial charge in [0.05, 0.1) is 11.9 Å². The first-order valence-corrected chi connectivity index (χ1v) is 8.40. The number of carbonyl (C=O) groups excluding carboxylic acids is 2. The Kier molecular flexibility index (Phi) is 8.44. The van der Waals surface area contributed by atoms with E-state index in [9.17, 15) is 0 Å². The van der Waals surface area contributed by atoms with Gasteiger partial charge in [0.15, 0.2) is 0 Å². The zero-order chi connectivity index (χ0) is 19.1. The summed E-state index contributed by atoms with van der Waals surface area (Å²) in [5.41, 5.74) is 5.35. The zero-order valence-corrected chi connectivity index (χ0v) is 15.5. The highest BCUT2D eigenvalue weighted by atomic mass is 16.4. The number of aliphatic carboxylic acids is 2. The van der Waals surface area contributed by atoms with Gasteiger partial charge in [-0.3, -0.25) is 0 Å². The Morgan fingerprint density at radius 2 is 1.44 bits per heavy atom. The highest BCUT2D eigenvalue weighted by Crippen LogP contribution is 2.28. The molecule has 27 heavy (non-hydrogen) atoms. The van der Waals surface area contributed by atoms with Crippen LogP contribution in [-0.4, -0.2) is 55.5 Å². The molecule has 0 aliphatic carbocycles. The van der Waals surface area contributed by atoms with E-state index >= 15 is 0 Å². The van der Waals surface area contributed by atoms with E-state index in [4.69, 9.17) is 19.8 Å². The van der Waals surface area contributed by atoms with Crippen molar-refractivity contribution in [3.05, 3.63) is 54.1 Å². The first-order chi connectivity index (χ1) is 12.4. The van der Waals surface area contributed by atoms with Crippen LogP contribution in [0.25, 0.3) is 11.1 Å². The number of nitrogens with zero attached hydrogens (tertiary/aromatic N) is 2. The molecule has 3 rings (SSSR count). The normalized spacial score (nSPS) is 13.8. The molecule has 1 saturated heterocycles. The van der Waals surface area contributed by atoms with Gasteiger partial charge in [-0.25, -0.2) is 0 Å². The summed E-state index contributed by atoms with van der Waals surface area (Å²) in [7, 11) is 2.20. The van der Waals surface area contributed by atoms with Crippen molar-refractivity contribution in [1.29, 1.82) is 0 Å². The standard InChI is InChI=1S/C18H22N2.C2H2O4.H2O/c1-15-8-9-17(20-12-10-19(2)11-13-20)14-18(15)16-6-4-3-5-7-16;3-1(4)2(5)6;/h3-9,14H,10-13H2,1-2H3;(H,3,4)(H,5,6);1H2/p-2. The predicted molar refractivity (Wildman–Crippen MR) is 100.0 cm³/mol. The molecule has 2 aromatic carbocycles. The monoisotopic (exact) mass is 372 g/mol. The van der Waals surface area contributed by atoms with Crippen LogP contribution in [-0.2, 0) is 9.59 Å². The Morgan fingerprint density at radius 1 is 0.889 bits per heavy atom. The smallest absolute Gasteiger partial charge is 0.0870 e. The molecule has 0 bridgehead atoms. The molecule has 0 atom stereocenters. The number of hydrogen-bond donors (Lipinski definition) is 0. The fraction of sp³-hybridized carbons (Fsp3) is 0.300. The van der Waals surface area contributed by atoms with Crippen molar-refractivity contribution >= 4 is 17.6 Å². The highest BCUT2D eigenvalue weighted by Gasteiger charge is 2.15. The van der Waals surface area contributed by atoms with Crippen LogP contribution < -0.4 is 15.1 Å². The molecule has 0 unspecified atom stereocenters. The van der Waals surface area contributed by atoms with Gasteiger partial charge in [0, 0.05) is 31.9 Å². The summed E-state index contributed by atoms with van der Waals surface area (Å²) in [4.78, 5) is 22.7. The number of piperazine rings is 1. The second-order valence-corrected chi connectivity index (χ2v) is 6.23. The third kappa shape index (κ3) is 6.40. The van der Waals surface area contributed by atoms with Crippen LogP contribution >= 0.6 is 0 Å². The second kappa shape index (κ2) is 10.3. The number of aryl methyl sites for hydroxylation is 1. The Hall–Kier alpha value is -2.90. The first kappa shape index (κ1) is 22.1. The molecule has 0 saturated carbocycles. The van der Waals surface area contributed by atoms with Gasteiger partial charge < -0.3 is 35.1 Å². The summed E-state index contributed by atoms with van der Waals surface area (Å²) >= 11 is 0. The number of anilines is 1. The molecule has 2 aromatic rings. The van der Waals surface area contributed by atoms with Crippen molar-refractivity contribution < 1.29 is 25.3 Å². The first-order valence-electron chi connectivity index (χ1n) is 8.40. The minimum Gasteiger partial charge on any atom is -0.543 e. The van der Waals surface area contributed by atoms with Crippen molar-refractivity contribution in [3.8, 4) is 11.1 Å². The van der Waals surface area contributed by atoms with Gasteiger partial charge in [0.25, 0.3) is 0 Å². The molecule has 7 heteroatoms. The van der Waals surface area contributed by atoms with Crippen molar-refractivity contribution in [2.45, 2.75) is 6.92 Å². The number of carbonyl (C=O) groups is 2. The molecular formula is C20H24N2O5-2. The van der Waals surface area contributed by atoms with E-state index in [1.807, 2.05) is 0 Å². The molecule has 0 radical (unpaired) electrons. The van der Waals surface area contributed by atoms with E-state index in [2.05, 4.69) is 72.3 Å². The topological polar surface area (TPSA) is 118 Å². The third-order valence-electron chi connectivity index (χ3n) is 4.34. The van der Waals surface area contributed by atoms with Crippen molar-refractivity contribution in [1.82, 2.24) is 4.90 Å². The zero-order valence-electron chi connectivity index (χ0n) is 15.5. The van der Waals surface area contributed by atoms with Crippen LogP contribution in [0.2, 0.25) is 0 Å². The maximum Gasteiger partial charge on any atom is 0.0870 e. The molecule has 1 aliphatic heterocycles. The summed E-state index contributed by atoms with van der Waals surface area (Å²) in [6.07, 6.45) is 0. The highest BCUT2D eigenvalue weighted by molar-refractivity contribution is 6.25. The Labute approximate surface area is 158 Å². The molecule has 0 aromatic heterocycles. The Morgan fingerprint density at radius 3 is 1.96 bits per heavy atom. The van der Waals surface area contributed by atoms with Crippen LogP contribution in [0.5, 0.6) is 0 Å². The quantitative estimate of drug-likeness (QED) is 0.629. The lowest BCUT2D eigenvalue weighted by Gasteiger charge is -2.34. The van der Waals surface area contributed by atoms with Gasteiger partial charge >= 0.3 is 0 Å². The van der Waals surface area contributed by atoms with E-state index in [1.165, 1.54) is 22.4 Å². The van der Waals surface area contributed by atoms with Gasteiger partial charge in [0.1, 0.15) is 0 Å². The van der Waals surface area contributed by atoms with Crippen molar-refractivity contribution in [3.63, 3.8) is 0 Å². The maximum absolute atomic E-state index is 8.93. The van der Waals surface area contributed by atoms with Crippen molar-refractivity contribution in [2.24, 2.45) is 0 Å². The lowest BCUT2D eigenvalue weighted by molar-refractivity contribution is -0.345. The van der Waals surface area contributed by atoms with Gasteiger partial charge in [-0.2, -0.15) is 0 Å². The lowest BCUT2D eigenvalue weighted by Crippen LogP contribution is -2.44. The molecule has 2 N–H and O–H groups in total. The molecular weight excluding hydrogens is 348 g/mol. The third-order valence-corrected chi connectivity index (χ3v) is 4.34. The van der Waals surface area contributed by atoms with Crippen LogP contribution in [0.3, 0.4) is 0 Å². The van der Waals surface area contributed by atoms with E-state index < -0.39 is 11.9 Å². The predicted octanol–water partition coefficient (Wildman–Crippen LogP) is -0.925. The van der Waals surface area contributed by atoms with Gasteiger partial charge in [-0.05, 0) is 42.8 Å². The minimum atomic E-state index is -2.19.